The molecule has 2 aliphatic rings. The summed E-state index contributed by atoms with van der Waals surface area (Å²) in [4.78, 5) is 2.53. The van der Waals surface area contributed by atoms with Crippen LogP contribution in [-0.2, 0) is 4.74 Å². The molecule has 0 radical (unpaired) electrons. The van der Waals surface area contributed by atoms with Crippen molar-refractivity contribution in [1.82, 2.24) is 4.90 Å². The van der Waals surface area contributed by atoms with E-state index in [1.54, 1.807) is 0 Å². The van der Waals surface area contributed by atoms with Crippen LogP contribution in [0, 0.1) is 11.3 Å². The Balaban J connectivity index is 1.63. The lowest BCUT2D eigenvalue weighted by molar-refractivity contribution is -0.126. The van der Waals surface area contributed by atoms with E-state index in [9.17, 15) is 0 Å². The van der Waals surface area contributed by atoms with Gasteiger partial charge in [0.05, 0.1) is 13.2 Å². The molecule has 2 heterocycles. The summed E-state index contributed by atoms with van der Waals surface area (Å²) in [5.74, 6) is 0.870. The van der Waals surface area contributed by atoms with Gasteiger partial charge in [-0.15, -0.1) is 0 Å². The number of nitrogens with two attached hydrogens (primary N) is 1. The highest BCUT2D eigenvalue weighted by atomic mass is 16.5. The number of nitrogens with zero attached hydrogens (tertiary/aromatic N) is 1. The van der Waals surface area contributed by atoms with Gasteiger partial charge in [-0.25, -0.2) is 0 Å². The van der Waals surface area contributed by atoms with Crippen molar-refractivity contribution in [2.24, 2.45) is 17.1 Å². The van der Waals surface area contributed by atoms with E-state index in [2.05, 4.69) is 11.8 Å². The average molecular weight is 184 g/mol. The van der Waals surface area contributed by atoms with Crippen LogP contribution in [0.5, 0.6) is 0 Å². The van der Waals surface area contributed by atoms with Gasteiger partial charge in [-0.2, -0.15) is 0 Å². The van der Waals surface area contributed by atoms with Crippen LogP contribution >= 0.6 is 0 Å². The lowest BCUT2D eigenvalue weighted by Gasteiger charge is -2.47. The van der Waals surface area contributed by atoms with Gasteiger partial charge in [-0.1, -0.05) is 6.92 Å². The summed E-state index contributed by atoms with van der Waals surface area (Å²) in [6.45, 7) is 8.79. The van der Waals surface area contributed by atoms with E-state index < -0.39 is 0 Å². The normalized spacial score (nSPS) is 28.2. The first-order valence-corrected chi connectivity index (χ1v) is 5.22. The Bertz CT molecular complexity index is 174. The number of likely N-dealkylation sites (tertiary alicyclic amines) is 1. The molecule has 2 aliphatic heterocycles. The minimum atomic E-state index is 0.452. The Kier molecular flexibility index (Phi) is 2.58. The van der Waals surface area contributed by atoms with Gasteiger partial charge in [0.25, 0.3) is 0 Å². The minimum absolute atomic E-state index is 0.452. The molecular formula is C10H20N2O. The molecule has 0 unspecified atom stereocenters. The predicted molar refractivity (Wildman–Crippen MR) is 52.5 cm³/mol. The third-order valence-electron chi connectivity index (χ3n) is 3.11. The van der Waals surface area contributed by atoms with Crippen LogP contribution in [0.25, 0.3) is 0 Å². The molecule has 2 saturated heterocycles. The lowest BCUT2D eigenvalue weighted by Crippen LogP contribution is -2.56. The van der Waals surface area contributed by atoms with Gasteiger partial charge in [0, 0.05) is 25.0 Å². The van der Waals surface area contributed by atoms with E-state index in [0.717, 1.165) is 25.7 Å². The van der Waals surface area contributed by atoms with Gasteiger partial charge in [-0.05, 0) is 18.9 Å². The molecule has 2 rings (SSSR count). The summed E-state index contributed by atoms with van der Waals surface area (Å²) < 4.78 is 5.24. The summed E-state index contributed by atoms with van der Waals surface area (Å²) >= 11 is 0. The molecular weight excluding hydrogens is 164 g/mol. The zero-order valence-electron chi connectivity index (χ0n) is 8.46. The quantitative estimate of drug-likeness (QED) is 0.683. The molecule has 76 valence electrons. The molecule has 0 aromatic rings. The number of hydrogen-bond donors (Lipinski definition) is 1. The summed E-state index contributed by atoms with van der Waals surface area (Å²) in [5.41, 5.74) is 5.96. The van der Waals surface area contributed by atoms with Crippen LogP contribution in [0.3, 0.4) is 0 Å². The molecule has 0 spiro atoms. The van der Waals surface area contributed by atoms with E-state index in [-0.39, 0.29) is 0 Å². The Hall–Kier alpha value is -0.120. The van der Waals surface area contributed by atoms with Crippen LogP contribution in [0.15, 0.2) is 0 Å². The second-order valence-corrected chi connectivity index (χ2v) is 4.94. The summed E-state index contributed by atoms with van der Waals surface area (Å²) in [5, 5.41) is 0. The largest absolute Gasteiger partial charge is 0.380 e. The monoisotopic (exact) mass is 184 g/mol. The topological polar surface area (TPSA) is 38.5 Å². The van der Waals surface area contributed by atoms with Crippen LogP contribution in [0.4, 0.5) is 0 Å². The highest BCUT2D eigenvalue weighted by molar-refractivity contribution is 4.89. The summed E-state index contributed by atoms with van der Waals surface area (Å²) in [7, 11) is 0. The molecule has 0 aliphatic carbocycles. The number of hydrogen-bond acceptors (Lipinski definition) is 3. The van der Waals surface area contributed by atoms with Gasteiger partial charge >= 0.3 is 0 Å². The third-order valence-corrected chi connectivity index (χ3v) is 3.11. The fourth-order valence-corrected chi connectivity index (χ4v) is 2.31. The van der Waals surface area contributed by atoms with E-state index in [0.29, 0.717) is 5.41 Å². The van der Waals surface area contributed by atoms with Crippen molar-refractivity contribution >= 4 is 0 Å². The highest BCUT2D eigenvalue weighted by Crippen LogP contribution is 2.30. The standard InChI is InChI=1S/C10H20N2O/c1-10(7-13-8-10)6-12-4-9(5-12)2-3-11/h9H,2-8,11H2,1H3. The highest BCUT2D eigenvalue weighted by Gasteiger charge is 2.38. The molecule has 0 aromatic heterocycles. The second kappa shape index (κ2) is 3.56. The first kappa shape index (κ1) is 9.44. The van der Waals surface area contributed by atoms with Gasteiger partial charge in [-0.3, -0.25) is 0 Å². The molecule has 2 fully saturated rings. The Morgan fingerprint density at radius 2 is 2.15 bits per heavy atom. The maximum absolute atomic E-state index is 5.51. The van der Waals surface area contributed by atoms with Crippen molar-refractivity contribution in [3.63, 3.8) is 0 Å². The smallest absolute Gasteiger partial charge is 0.0554 e. The summed E-state index contributed by atoms with van der Waals surface area (Å²) in [6.07, 6.45) is 1.20. The van der Waals surface area contributed by atoms with Crippen molar-refractivity contribution < 1.29 is 4.74 Å². The van der Waals surface area contributed by atoms with Gasteiger partial charge in [0.15, 0.2) is 0 Å². The fourth-order valence-electron chi connectivity index (χ4n) is 2.31. The minimum Gasteiger partial charge on any atom is -0.380 e. The summed E-state index contributed by atoms with van der Waals surface area (Å²) in [6, 6.07) is 0. The van der Waals surface area contributed by atoms with Crippen molar-refractivity contribution in [1.29, 1.82) is 0 Å². The Labute approximate surface area is 80.2 Å². The van der Waals surface area contributed by atoms with Crippen molar-refractivity contribution in [3.8, 4) is 0 Å². The molecule has 0 amide bonds. The molecule has 3 nitrogen and oxygen atoms in total. The van der Waals surface area contributed by atoms with E-state index in [1.165, 1.54) is 26.1 Å². The van der Waals surface area contributed by atoms with Gasteiger partial charge in [0.1, 0.15) is 0 Å². The van der Waals surface area contributed by atoms with E-state index in [4.69, 9.17) is 10.5 Å². The lowest BCUT2D eigenvalue weighted by atomic mass is 9.85. The SMILES string of the molecule is CC1(CN2CC(CCN)C2)COC1. The first-order chi connectivity index (χ1) is 6.22. The van der Waals surface area contributed by atoms with Gasteiger partial charge in [0.2, 0.25) is 0 Å². The maximum atomic E-state index is 5.51. The maximum Gasteiger partial charge on any atom is 0.0554 e. The molecule has 2 N–H and O–H groups in total. The fraction of sp³-hybridized carbons (Fsp3) is 1.00. The zero-order chi connectivity index (χ0) is 9.31. The first-order valence-electron chi connectivity index (χ1n) is 5.22. The molecule has 0 aromatic carbocycles. The number of ether oxygens (including phenoxy) is 1. The van der Waals surface area contributed by atoms with Crippen LogP contribution in [0.2, 0.25) is 0 Å². The molecule has 13 heavy (non-hydrogen) atoms. The predicted octanol–water partition coefficient (Wildman–Crippen LogP) is 0.304. The molecule has 0 atom stereocenters. The van der Waals surface area contributed by atoms with Crippen LogP contribution < -0.4 is 5.73 Å². The molecule has 3 heteroatoms. The number of rotatable bonds is 4. The molecule has 0 bridgehead atoms. The van der Waals surface area contributed by atoms with Crippen LogP contribution in [-0.4, -0.2) is 44.3 Å². The van der Waals surface area contributed by atoms with Crippen molar-refractivity contribution in [2.45, 2.75) is 13.3 Å². The van der Waals surface area contributed by atoms with E-state index in [1.807, 2.05) is 0 Å². The zero-order valence-corrected chi connectivity index (χ0v) is 8.46. The Morgan fingerprint density at radius 1 is 1.46 bits per heavy atom. The Morgan fingerprint density at radius 3 is 2.62 bits per heavy atom. The second-order valence-electron chi connectivity index (χ2n) is 4.94. The molecule has 0 saturated carbocycles. The van der Waals surface area contributed by atoms with Crippen LogP contribution in [0.1, 0.15) is 13.3 Å². The van der Waals surface area contributed by atoms with Gasteiger partial charge < -0.3 is 15.4 Å². The average Bonchev–Trinajstić information content (AvgIpc) is 1.98. The third kappa shape index (κ3) is 2.03. The van der Waals surface area contributed by atoms with E-state index >= 15 is 0 Å². The van der Waals surface area contributed by atoms with Crippen molar-refractivity contribution in [3.05, 3.63) is 0 Å². The van der Waals surface area contributed by atoms with Crippen molar-refractivity contribution in [2.75, 3.05) is 39.4 Å².